The first-order valence-electron chi connectivity index (χ1n) is 6.80. The van der Waals surface area contributed by atoms with Gasteiger partial charge in [-0.1, -0.05) is 0 Å². The van der Waals surface area contributed by atoms with Crippen molar-refractivity contribution in [1.82, 2.24) is 10.2 Å². The fourth-order valence-electron chi connectivity index (χ4n) is 2.65. The van der Waals surface area contributed by atoms with E-state index in [1.54, 1.807) is 6.07 Å². The van der Waals surface area contributed by atoms with E-state index in [-0.39, 0.29) is 18.0 Å². The van der Waals surface area contributed by atoms with Gasteiger partial charge in [-0.25, -0.2) is 0 Å². The third kappa shape index (κ3) is 3.00. The summed E-state index contributed by atoms with van der Waals surface area (Å²) in [6.45, 7) is 6.32. The SMILES string of the molecule is CNCC1OCCN(C(C)C)C1c1ccc([N+](=O)[O-])o1. The van der Waals surface area contributed by atoms with Gasteiger partial charge in [0.2, 0.25) is 0 Å². The van der Waals surface area contributed by atoms with Gasteiger partial charge in [-0.05, 0) is 27.0 Å². The summed E-state index contributed by atoms with van der Waals surface area (Å²) in [5.74, 6) is 0.364. The van der Waals surface area contributed by atoms with Crippen LogP contribution in [-0.4, -0.2) is 48.7 Å². The Morgan fingerprint density at radius 2 is 2.30 bits per heavy atom. The maximum Gasteiger partial charge on any atom is 0.433 e. The summed E-state index contributed by atoms with van der Waals surface area (Å²) in [6, 6.07) is 3.28. The van der Waals surface area contributed by atoms with Gasteiger partial charge in [-0.3, -0.25) is 15.0 Å². The normalized spacial score (nSPS) is 24.2. The van der Waals surface area contributed by atoms with Crippen LogP contribution in [0.15, 0.2) is 16.5 Å². The lowest BCUT2D eigenvalue weighted by molar-refractivity contribution is -0.402. The molecule has 0 bridgehead atoms. The Bertz CT molecular complexity index is 458. The van der Waals surface area contributed by atoms with Crippen molar-refractivity contribution in [3.8, 4) is 0 Å². The van der Waals surface area contributed by atoms with E-state index in [4.69, 9.17) is 9.15 Å². The fourth-order valence-corrected chi connectivity index (χ4v) is 2.65. The van der Waals surface area contributed by atoms with Crippen LogP contribution in [0.2, 0.25) is 0 Å². The molecule has 1 aromatic rings. The van der Waals surface area contributed by atoms with Crippen molar-refractivity contribution in [3.63, 3.8) is 0 Å². The molecular formula is C13H21N3O4. The molecule has 0 amide bonds. The van der Waals surface area contributed by atoms with Gasteiger partial charge in [-0.2, -0.15) is 0 Å². The molecule has 0 spiro atoms. The van der Waals surface area contributed by atoms with Gasteiger partial charge in [0.1, 0.15) is 10.7 Å². The lowest BCUT2D eigenvalue weighted by atomic mass is 10.0. The summed E-state index contributed by atoms with van der Waals surface area (Å²) in [7, 11) is 1.86. The number of nitrogens with one attached hydrogen (secondary N) is 1. The Morgan fingerprint density at radius 1 is 1.55 bits per heavy atom. The third-order valence-corrected chi connectivity index (χ3v) is 3.54. The highest BCUT2D eigenvalue weighted by molar-refractivity contribution is 5.21. The molecule has 7 nitrogen and oxygen atoms in total. The van der Waals surface area contributed by atoms with Crippen LogP contribution in [0.1, 0.15) is 25.6 Å². The number of nitrogens with zero attached hydrogens (tertiary/aromatic N) is 2. The first-order chi connectivity index (χ1) is 9.54. The molecule has 1 aromatic heterocycles. The summed E-state index contributed by atoms with van der Waals surface area (Å²) >= 11 is 0. The number of nitro groups is 1. The minimum Gasteiger partial charge on any atom is -0.404 e. The van der Waals surface area contributed by atoms with Crippen LogP contribution in [0, 0.1) is 10.1 Å². The second kappa shape index (κ2) is 6.34. The molecule has 2 atom stereocenters. The molecule has 0 aliphatic carbocycles. The number of morpholine rings is 1. The molecule has 2 rings (SSSR count). The van der Waals surface area contributed by atoms with Crippen LogP contribution < -0.4 is 5.32 Å². The molecule has 1 fully saturated rings. The van der Waals surface area contributed by atoms with E-state index in [1.807, 2.05) is 7.05 Å². The minimum atomic E-state index is -0.514. The molecule has 112 valence electrons. The van der Waals surface area contributed by atoms with E-state index in [9.17, 15) is 10.1 Å². The van der Waals surface area contributed by atoms with Crippen molar-refractivity contribution in [3.05, 3.63) is 28.0 Å². The van der Waals surface area contributed by atoms with E-state index in [0.29, 0.717) is 25.0 Å². The molecule has 1 aliphatic heterocycles. The quantitative estimate of drug-likeness (QED) is 0.652. The molecule has 0 aromatic carbocycles. The number of furan rings is 1. The second-order valence-corrected chi connectivity index (χ2v) is 5.18. The maximum absolute atomic E-state index is 10.8. The van der Waals surface area contributed by atoms with E-state index >= 15 is 0 Å². The number of ether oxygens (including phenoxy) is 1. The molecule has 7 heteroatoms. The Labute approximate surface area is 118 Å². The molecule has 1 aliphatic rings. The molecule has 20 heavy (non-hydrogen) atoms. The zero-order valence-corrected chi connectivity index (χ0v) is 12.0. The average Bonchev–Trinajstić information content (AvgIpc) is 2.88. The highest BCUT2D eigenvalue weighted by Crippen LogP contribution is 2.33. The van der Waals surface area contributed by atoms with Crippen molar-refractivity contribution in [1.29, 1.82) is 0 Å². The lowest BCUT2D eigenvalue weighted by Crippen LogP contribution is -2.51. The van der Waals surface area contributed by atoms with Crippen LogP contribution >= 0.6 is 0 Å². The Balaban J connectivity index is 2.30. The summed E-state index contributed by atoms with van der Waals surface area (Å²) in [4.78, 5) is 12.5. The van der Waals surface area contributed by atoms with Crippen molar-refractivity contribution in [2.45, 2.75) is 32.0 Å². The second-order valence-electron chi connectivity index (χ2n) is 5.18. The van der Waals surface area contributed by atoms with Crippen molar-refractivity contribution in [2.75, 3.05) is 26.7 Å². The monoisotopic (exact) mass is 283 g/mol. The van der Waals surface area contributed by atoms with Crippen LogP contribution in [0.25, 0.3) is 0 Å². The van der Waals surface area contributed by atoms with E-state index in [1.165, 1.54) is 6.07 Å². The lowest BCUT2D eigenvalue weighted by Gasteiger charge is -2.42. The zero-order chi connectivity index (χ0) is 14.7. The van der Waals surface area contributed by atoms with Crippen molar-refractivity contribution >= 4 is 5.88 Å². The third-order valence-electron chi connectivity index (χ3n) is 3.54. The average molecular weight is 283 g/mol. The number of rotatable bonds is 5. The van der Waals surface area contributed by atoms with Gasteiger partial charge in [0.05, 0.1) is 24.8 Å². The van der Waals surface area contributed by atoms with E-state index < -0.39 is 4.92 Å². The highest BCUT2D eigenvalue weighted by atomic mass is 16.6. The topological polar surface area (TPSA) is 80.8 Å². The Morgan fingerprint density at radius 3 is 2.85 bits per heavy atom. The standard InChI is InChI=1S/C13H21N3O4/c1-9(2)15-6-7-19-11(8-14-3)13(15)10-4-5-12(20-10)16(17)18/h4-5,9,11,13-14H,6-8H2,1-3H3. The van der Waals surface area contributed by atoms with Crippen LogP contribution in [-0.2, 0) is 4.74 Å². The summed E-state index contributed by atoms with van der Waals surface area (Å²) in [6.07, 6.45) is -0.0816. The predicted octanol–water partition coefficient (Wildman–Crippen LogP) is 1.56. The number of hydrogen-bond acceptors (Lipinski definition) is 6. The van der Waals surface area contributed by atoms with Crippen molar-refractivity contribution in [2.24, 2.45) is 0 Å². The molecule has 0 saturated carbocycles. The smallest absolute Gasteiger partial charge is 0.404 e. The first-order valence-corrected chi connectivity index (χ1v) is 6.80. The van der Waals surface area contributed by atoms with Crippen molar-refractivity contribution < 1.29 is 14.1 Å². The minimum absolute atomic E-state index is 0.0816. The van der Waals surface area contributed by atoms with Gasteiger partial charge in [0, 0.05) is 19.1 Å². The molecular weight excluding hydrogens is 262 g/mol. The highest BCUT2D eigenvalue weighted by Gasteiger charge is 2.37. The van der Waals surface area contributed by atoms with E-state index in [0.717, 1.165) is 6.54 Å². The molecule has 2 unspecified atom stereocenters. The van der Waals surface area contributed by atoms with Crippen LogP contribution in [0.3, 0.4) is 0 Å². The summed E-state index contributed by atoms with van der Waals surface area (Å²) < 4.78 is 11.2. The predicted molar refractivity (Wildman–Crippen MR) is 73.6 cm³/mol. The number of likely N-dealkylation sites (N-methyl/N-ethyl adjacent to an activating group) is 1. The zero-order valence-electron chi connectivity index (χ0n) is 12.0. The molecule has 1 saturated heterocycles. The first kappa shape index (κ1) is 15.0. The van der Waals surface area contributed by atoms with Gasteiger partial charge in [0.25, 0.3) is 0 Å². The van der Waals surface area contributed by atoms with Gasteiger partial charge < -0.3 is 14.5 Å². The van der Waals surface area contributed by atoms with Crippen LogP contribution in [0.5, 0.6) is 0 Å². The molecule has 0 radical (unpaired) electrons. The van der Waals surface area contributed by atoms with Crippen LogP contribution in [0.4, 0.5) is 5.88 Å². The van der Waals surface area contributed by atoms with Gasteiger partial charge in [0.15, 0.2) is 0 Å². The summed E-state index contributed by atoms with van der Waals surface area (Å²) in [5.41, 5.74) is 0. The van der Waals surface area contributed by atoms with Gasteiger partial charge in [-0.15, -0.1) is 0 Å². The van der Waals surface area contributed by atoms with Gasteiger partial charge >= 0.3 is 5.88 Å². The fraction of sp³-hybridized carbons (Fsp3) is 0.692. The largest absolute Gasteiger partial charge is 0.433 e. The number of hydrogen-bond donors (Lipinski definition) is 1. The maximum atomic E-state index is 10.8. The molecule has 2 heterocycles. The van der Waals surface area contributed by atoms with E-state index in [2.05, 4.69) is 24.1 Å². The summed E-state index contributed by atoms with van der Waals surface area (Å²) in [5, 5.41) is 13.9. The Hall–Kier alpha value is -1.44. The molecule has 1 N–H and O–H groups in total. The Kier molecular flexibility index (Phi) is 4.74.